The zero-order chi connectivity index (χ0) is 45.6. The van der Waals surface area contributed by atoms with E-state index in [1.165, 1.54) is 34.1 Å². The van der Waals surface area contributed by atoms with Crippen molar-refractivity contribution in [3.63, 3.8) is 0 Å². The van der Waals surface area contributed by atoms with Crippen LogP contribution in [-0.4, -0.2) is 149 Å². The molecule has 0 aromatic heterocycles. The molecular weight excluding hydrogens is 819 g/mol. The molecule has 1 aromatic carbocycles. The van der Waals surface area contributed by atoms with Crippen molar-refractivity contribution in [2.75, 3.05) is 53.5 Å². The number of ketones is 2. The van der Waals surface area contributed by atoms with Crippen LogP contribution in [-0.2, 0) is 33.4 Å². The van der Waals surface area contributed by atoms with Crippen LogP contribution >= 0.6 is 0 Å². The lowest BCUT2D eigenvalue weighted by molar-refractivity contribution is -0.384. The molecule has 342 valence electrons. The first-order chi connectivity index (χ1) is 30.0. The number of hydrogen-bond acceptors (Lipinski definition) is 13. The number of allylic oxidation sites excluding steroid dienone is 4. The molecular formula is C45H59N5O13. The van der Waals surface area contributed by atoms with E-state index in [0.29, 0.717) is 25.9 Å². The summed E-state index contributed by atoms with van der Waals surface area (Å²) in [7, 11) is 3.39. The van der Waals surface area contributed by atoms with Crippen molar-refractivity contribution in [3.8, 4) is 0 Å². The van der Waals surface area contributed by atoms with Gasteiger partial charge in [-0.25, -0.2) is 14.4 Å². The van der Waals surface area contributed by atoms with Crippen LogP contribution < -0.4 is 0 Å². The van der Waals surface area contributed by atoms with E-state index >= 15 is 0 Å². The number of carbonyl (C=O) groups is 7. The highest BCUT2D eigenvalue weighted by molar-refractivity contribution is 5.96. The van der Waals surface area contributed by atoms with Crippen molar-refractivity contribution in [1.82, 2.24) is 19.6 Å². The van der Waals surface area contributed by atoms with Gasteiger partial charge in [-0.05, 0) is 76.3 Å². The van der Waals surface area contributed by atoms with E-state index in [1.54, 1.807) is 37.7 Å². The Balaban J connectivity index is 0.000000223. The first-order valence-electron chi connectivity index (χ1n) is 21.9. The number of aliphatic hydroxyl groups excluding tert-OH is 1. The number of hydrogen-bond donors (Lipinski definition) is 1. The van der Waals surface area contributed by atoms with E-state index in [0.717, 1.165) is 25.7 Å². The molecule has 0 spiro atoms. The Hall–Kier alpha value is -5.65. The van der Waals surface area contributed by atoms with Crippen LogP contribution in [0.25, 0.3) is 0 Å². The number of fused-ring (bicyclic) bond motifs is 4. The highest BCUT2D eigenvalue weighted by atomic mass is 16.6. The van der Waals surface area contributed by atoms with Crippen molar-refractivity contribution >= 4 is 47.2 Å². The van der Waals surface area contributed by atoms with E-state index < -0.39 is 52.0 Å². The van der Waals surface area contributed by atoms with Gasteiger partial charge >= 0.3 is 30.0 Å². The smallest absolute Gasteiger partial charge is 0.338 e. The Labute approximate surface area is 366 Å². The topological polar surface area (TPSA) is 224 Å². The summed E-state index contributed by atoms with van der Waals surface area (Å²) in [6, 6.07) is 2.94. The second-order valence-corrected chi connectivity index (χ2v) is 17.5. The molecule has 4 fully saturated rings. The Morgan fingerprint density at radius 1 is 0.762 bits per heavy atom. The van der Waals surface area contributed by atoms with Gasteiger partial charge in [0.2, 0.25) is 0 Å². The van der Waals surface area contributed by atoms with Crippen LogP contribution in [0.15, 0.2) is 48.6 Å². The van der Waals surface area contributed by atoms with Gasteiger partial charge in [-0.1, -0.05) is 24.3 Å². The summed E-state index contributed by atoms with van der Waals surface area (Å²) in [5.41, 5.74) is -1.75. The minimum atomic E-state index is -0.925. The maximum absolute atomic E-state index is 13.6. The molecule has 8 atom stereocenters. The molecule has 0 bridgehead atoms. The lowest BCUT2D eigenvalue weighted by Gasteiger charge is -2.29. The van der Waals surface area contributed by atoms with E-state index in [-0.39, 0.29) is 105 Å². The van der Waals surface area contributed by atoms with E-state index in [1.807, 2.05) is 24.3 Å². The van der Waals surface area contributed by atoms with Crippen LogP contribution in [0.2, 0.25) is 0 Å². The van der Waals surface area contributed by atoms with Crippen molar-refractivity contribution in [3.05, 3.63) is 64.2 Å². The number of benzene rings is 1. The number of ether oxygens (including phenoxy) is 3. The number of non-ortho nitro benzene ring substituents is 1. The highest BCUT2D eigenvalue weighted by Gasteiger charge is 2.63. The third kappa shape index (κ3) is 10.4. The van der Waals surface area contributed by atoms with Crippen molar-refractivity contribution in [2.24, 2.45) is 22.7 Å². The van der Waals surface area contributed by atoms with Gasteiger partial charge in [-0.15, -0.1) is 0 Å². The Morgan fingerprint density at radius 3 is 1.71 bits per heavy atom. The summed E-state index contributed by atoms with van der Waals surface area (Å²) in [5, 5.41) is 20.9. The minimum Gasteiger partial charge on any atom is -0.466 e. The molecule has 4 amide bonds. The van der Waals surface area contributed by atoms with Gasteiger partial charge in [0, 0.05) is 71.5 Å². The Morgan fingerprint density at radius 2 is 1.24 bits per heavy atom. The van der Waals surface area contributed by atoms with Crippen molar-refractivity contribution in [2.45, 2.75) is 102 Å². The molecule has 0 unspecified atom stereocenters. The Bertz CT molecular complexity index is 2010. The number of Topliss-reactive ketones (excluding diaryl/α,β-unsaturated/α-hetero) is 2. The summed E-state index contributed by atoms with van der Waals surface area (Å²) in [5.74, 6) is -1.92. The first-order valence-corrected chi connectivity index (χ1v) is 21.9. The summed E-state index contributed by atoms with van der Waals surface area (Å²) < 4.78 is 16.1. The fraction of sp³-hybridized carbons (Fsp3) is 0.622. The van der Waals surface area contributed by atoms with E-state index in [2.05, 4.69) is 0 Å². The Kier molecular flexibility index (Phi) is 14.7. The molecule has 1 N–H and O–H groups in total. The molecule has 18 nitrogen and oxygen atoms in total. The second-order valence-electron chi connectivity index (χ2n) is 17.5. The number of rotatable bonds is 7. The minimum absolute atomic E-state index is 0.0134. The summed E-state index contributed by atoms with van der Waals surface area (Å²) >= 11 is 0. The standard InChI is InChI=1S/C26H31N3O8.C19H28N2O5/c1-3-36-24(32)26-14-18(26)7-5-4-6-12-27(2)25(33)28-16-20(13-21(28)22(30)15-26)37-23(31)17-8-10-19(11-9-17)29(34)35;1-3-26-17(24)19-10-13(19)7-5-4-6-8-20(2)18(25)21-12-14(22)9-15(21)16(23)11-19/h5,7-11,18,20-21H,3-4,6,12-16H2,1-2H3;5,7,13-15,22H,3-4,6,8-12H2,1-2H3/b2*7-5-/t18-,20+,21+,26-;13-,14+,15+,19-/m11/s1. The fourth-order valence-electron chi connectivity index (χ4n) is 9.31. The molecule has 4 heterocycles. The first kappa shape index (κ1) is 46.8. The molecule has 2 saturated carbocycles. The summed E-state index contributed by atoms with van der Waals surface area (Å²) in [4.78, 5) is 107. The number of carbonyl (C=O) groups excluding carboxylic acids is 7. The molecule has 63 heavy (non-hydrogen) atoms. The molecule has 1 aromatic rings. The van der Waals surface area contributed by atoms with Crippen molar-refractivity contribution < 1.29 is 57.8 Å². The zero-order valence-corrected chi connectivity index (χ0v) is 36.5. The van der Waals surface area contributed by atoms with Gasteiger partial charge in [0.25, 0.3) is 5.69 Å². The molecule has 4 aliphatic heterocycles. The molecule has 2 aliphatic carbocycles. The number of nitro benzene ring substituents is 1. The lowest BCUT2D eigenvalue weighted by Crippen LogP contribution is -2.47. The number of esters is 3. The molecule has 18 heteroatoms. The molecule has 6 aliphatic rings. The highest BCUT2D eigenvalue weighted by Crippen LogP contribution is 2.58. The van der Waals surface area contributed by atoms with Gasteiger partial charge < -0.3 is 38.9 Å². The van der Waals surface area contributed by atoms with Crippen LogP contribution in [0.3, 0.4) is 0 Å². The quantitative estimate of drug-likeness (QED) is 0.131. The molecule has 2 saturated heterocycles. The van der Waals surface area contributed by atoms with Gasteiger partial charge in [-0.3, -0.25) is 29.3 Å². The maximum atomic E-state index is 13.6. The van der Waals surface area contributed by atoms with Gasteiger partial charge in [0.05, 0.1) is 59.3 Å². The maximum Gasteiger partial charge on any atom is 0.338 e. The van der Waals surface area contributed by atoms with E-state index in [9.17, 15) is 48.8 Å². The van der Waals surface area contributed by atoms with Crippen LogP contribution in [0.5, 0.6) is 0 Å². The second kappa shape index (κ2) is 19.8. The number of nitrogens with zero attached hydrogens (tertiary/aromatic N) is 5. The number of urea groups is 2. The van der Waals surface area contributed by atoms with Gasteiger partial charge in [0.15, 0.2) is 11.6 Å². The average molecular weight is 878 g/mol. The predicted octanol–water partition coefficient (Wildman–Crippen LogP) is 4.48. The van der Waals surface area contributed by atoms with Crippen LogP contribution in [0, 0.1) is 32.8 Å². The molecule has 0 radical (unpaired) electrons. The van der Waals surface area contributed by atoms with Gasteiger partial charge in [-0.2, -0.15) is 0 Å². The number of amides is 4. The third-order valence-electron chi connectivity index (χ3n) is 13.1. The van der Waals surface area contributed by atoms with Crippen LogP contribution in [0.1, 0.15) is 88.4 Å². The lowest BCUT2D eigenvalue weighted by atomic mass is 9.92. The summed E-state index contributed by atoms with van der Waals surface area (Å²) in [6.07, 6.45) is 11.2. The monoisotopic (exact) mass is 877 g/mol. The average Bonchev–Trinajstić information content (AvgIpc) is 4.02. The fourth-order valence-corrected chi connectivity index (χ4v) is 9.31. The summed E-state index contributed by atoms with van der Waals surface area (Å²) in [6.45, 7) is 5.24. The van der Waals surface area contributed by atoms with Crippen LogP contribution in [0.4, 0.5) is 15.3 Å². The number of nitro groups is 1. The van der Waals surface area contributed by atoms with Crippen molar-refractivity contribution in [1.29, 1.82) is 0 Å². The largest absolute Gasteiger partial charge is 0.466 e. The SMILES string of the molecule is CCOC(=O)[C@]12CC(=O)[C@@H]3C[C@H](O)CN3C(=O)N(C)CCC/C=C\[C@@H]1C2.CCOC(=O)[C@]12CC(=O)[C@@H]3C[C@H](OC(=O)c4ccc([N+](=O)[O-])cc4)CN3C(=O)N(C)CCC/C=C\[C@@H]1C2. The molecule has 7 rings (SSSR count). The third-order valence-corrected chi connectivity index (χ3v) is 13.1. The predicted molar refractivity (Wildman–Crippen MR) is 225 cm³/mol. The number of aliphatic hydroxyl groups is 1. The van der Waals surface area contributed by atoms with E-state index in [4.69, 9.17) is 14.2 Å². The van der Waals surface area contributed by atoms with Gasteiger partial charge in [0.1, 0.15) is 6.10 Å². The zero-order valence-electron chi connectivity index (χ0n) is 36.5. The normalized spacial score (nSPS) is 31.8.